The molecule has 1 aromatic rings. The van der Waals surface area contributed by atoms with Crippen LogP contribution in [0.5, 0.6) is 5.75 Å². The van der Waals surface area contributed by atoms with Gasteiger partial charge in [-0.15, -0.1) is 0 Å². The third kappa shape index (κ3) is 3.65. The van der Waals surface area contributed by atoms with Gasteiger partial charge in [0.1, 0.15) is 0 Å². The molecule has 1 fully saturated rings. The Morgan fingerprint density at radius 1 is 1.45 bits per heavy atom. The van der Waals surface area contributed by atoms with Crippen LogP contribution in [0.4, 0.5) is 5.69 Å². The second kappa shape index (κ2) is 6.64. The molecule has 1 aliphatic carbocycles. The number of carbonyl (C=O) groups is 1. The highest BCUT2D eigenvalue weighted by Crippen LogP contribution is 2.34. The molecule has 0 spiro atoms. The zero-order chi connectivity index (χ0) is 14.5. The summed E-state index contributed by atoms with van der Waals surface area (Å²) < 4.78 is 5.51. The van der Waals surface area contributed by atoms with E-state index in [2.05, 4.69) is 12.2 Å². The summed E-state index contributed by atoms with van der Waals surface area (Å²) in [6.45, 7) is 4.49. The van der Waals surface area contributed by atoms with Crippen LogP contribution < -0.4 is 15.8 Å². The molecule has 0 heterocycles. The van der Waals surface area contributed by atoms with Crippen molar-refractivity contribution in [1.29, 1.82) is 0 Å². The Balaban J connectivity index is 2.08. The van der Waals surface area contributed by atoms with Gasteiger partial charge < -0.3 is 15.8 Å². The fraction of sp³-hybridized carbons (Fsp3) is 0.562. The molecule has 0 radical (unpaired) electrons. The van der Waals surface area contributed by atoms with Crippen molar-refractivity contribution in [3.8, 4) is 5.75 Å². The summed E-state index contributed by atoms with van der Waals surface area (Å²) in [4.78, 5) is 12.4. The molecule has 1 aromatic carbocycles. The number of hydrogen-bond acceptors (Lipinski definition) is 3. The Morgan fingerprint density at radius 2 is 2.20 bits per heavy atom. The van der Waals surface area contributed by atoms with Crippen molar-refractivity contribution in [2.24, 2.45) is 5.92 Å². The second-order valence-corrected chi connectivity index (χ2v) is 5.41. The number of anilines is 1. The minimum atomic E-state index is -0.0896. The van der Waals surface area contributed by atoms with Gasteiger partial charge in [-0.05, 0) is 37.8 Å². The molecule has 1 atom stereocenters. The number of hydrogen-bond donors (Lipinski definition) is 2. The fourth-order valence-electron chi connectivity index (χ4n) is 2.39. The van der Waals surface area contributed by atoms with Crippen LogP contribution in [0.15, 0.2) is 18.2 Å². The maximum Gasteiger partial charge on any atom is 0.255 e. The van der Waals surface area contributed by atoms with E-state index in [1.165, 1.54) is 12.8 Å². The number of nitrogens with two attached hydrogens (primary N) is 1. The largest absolute Gasteiger partial charge is 0.491 e. The molecule has 20 heavy (non-hydrogen) atoms. The van der Waals surface area contributed by atoms with Gasteiger partial charge in [-0.2, -0.15) is 0 Å². The molecule has 1 unspecified atom stereocenters. The molecule has 1 saturated carbocycles. The van der Waals surface area contributed by atoms with Gasteiger partial charge in [0, 0.05) is 6.04 Å². The van der Waals surface area contributed by atoms with Crippen LogP contribution in [0.1, 0.15) is 49.9 Å². The number of para-hydroxylation sites is 1. The summed E-state index contributed by atoms with van der Waals surface area (Å²) >= 11 is 0. The van der Waals surface area contributed by atoms with Crippen molar-refractivity contribution in [3.05, 3.63) is 23.8 Å². The second-order valence-electron chi connectivity index (χ2n) is 5.41. The number of carbonyl (C=O) groups excluding carboxylic acids is 1. The Labute approximate surface area is 120 Å². The van der Waals surface area contributed by atoms with Crippen LogP contribution in [-0.2, 0) is 0 Å². The first-order valence-corrected chi connectivity index (χ1v) is 7.47. The van der Waals surface area contributed by atoms with Gasteiger partial charge in [-0.3, -0.25) is 4.79 Å². The summed E-state index contributed by atoms with van der Waals surface area (Å²) in [5.74, 6) is 1.20. The molecular weight excluding hydrogens is 252 g/mol. The van der Waals surface area contributed by atoms with E-state index in [0.29, 0.717) is 23.6 Å². The monoisotopic (exact) mass is 276 g/mol. The zero-order valence-electron chi connectivity index (χ0n) is 12.3. The minimum Gasteiger partial charge on any atom is -0.491 e. The predicted molar refractivity (Wildman–Crippen MR) is 80.9 cm³/mol. The number of rotatable bonds is 7. The molecule has 3 N–H and O–H groups in total. The third-order valence-corrected chi connectivity index (χ3v) is 3.72. The van der Waals surface area contributed by atoms with Crippen molar-refractivity contribution in [2.75, 3.05) is 12.3 Å². The van der Waals surface area contributed by atoms with Crippen molar-refractivity contribution < 1.29 is 9.53 Å². The molecule has 1 amide bonds. The van der Waals surface area contributed by atoms with Crippen LogP contribution in [-0.4, -0.2) is 18.6 Å². The molecule has 0 aliphatic heterocycles. The van der Waals surface area contributed by atoms with E-state index in [0.717, 1.165) is 18.8 Å². The number of ether oxygens (including phenoxy) is 1. The fourth-order valence-corrected chi connectivity index (χ4v) is 2.39. The van der Waals surface area contributed by atoms with Crippen LogP contribution >= 0.6 is 0 Å². The van der Waals surface area contributed by atoms with Crippen LogP contribution in [0.2, 0.25) is 0 Å². The topological polar surface area (TPSA) is 64.3 Å². The lowest BCUT2D eigenvalue weighted by Crippen LogP contribution is -2.35. The highest BCUT2D eigenvalue weighted by atomic mass is 16.5. The van der Waals surface area contributed by atoms with E-state index >= 15 is 0 Å². The van der Waals surface area contributed by atoms with Gasteiger partial charge in [0.2, 0.25) is 0 Å². The van der Waals surface area contributed by atoms with Gasteiger partial charge >= 0.3 is 0 Å². The third-order valence-electron chi connectivity index (χ3n) is 3.72. The van der Waals surface area contributed by atoms with Crippen molar-refractivity contribution in [3.63, 3.8) is 0 Å². The number of benzene rings is 1. The molecule has 110 valence electrons. The molecule has 1 aliphatic rings. The van der Waals surface area contributed by atoms with Gasteiger partial charge in [-0.25, -0.2) is 0 Å². The summed E-state index contributed by atoms with van der Waals surface area (Å²) in [5.41, 5.74) is 6.93. The quantitative estimate of drug-likeness (QED) is 0.752. The van der Waals surface area contributed by atoms with Gasteiger partial charge in [-0.1, -0.05) is 25.8 Å². The van der Waals surface area contributed by atoms with Crippen LogP contribution in [0.3, 0.4) is 0 Å². The summed E-state index contributed by atoms with van der Waals surface area (Å²) in [7, 11) is 0. The Morgan fingerprint density at radius 3 is 2.80 bits per heavy atom. The average Bonchev–Trinajstić information content (AvgIpc) is 3.24. The van der Waals surface area contributed by atoms with E-state index in [1.54, 1.807) is 18.2 Å². The highest BCUT2D eigenvalue weighted by Gasteiger charge is 2.26. The van der Waals surface area contributed by atoms with E-state index in [1.807, 2.05) is 6.92 Å². The SMILES string of the molecule is CCOc1c(N)cccc1C(=O)NC(CC)CC1CC1. The molecule has 0 bridgehead atoms. The highest BCUT2D eigenvalue weighted by molar-refractivity contribution is 5.98. The first-order chi connectivity index (χ1) is 9.65. The molecule has 0 aromatic heterocycles. The molecule has 4 nitrogen and oxygen atoms in total. The predicted octanol–water partition coefficient (Wildman–Crippen LogP) is 2.98. The van der Waals surface area contributed by atoms with E-state index in [4.69, 9.17) is 10.5 Å². The first kappa shape index (κ1) is 14.7. The zero-order valence-corrected chi connectivity index (χ0v) is 12.3. The Kier molecular flexibility index (Phi) is 4.88. The Hall–Kier alpha value is -1.71. The number of nitrogens with one attached hydrogen (secondary N) is 1. The van der Waals surface area contributed by atoms with Crippen molar-refractivity contribution >= 4 is 11.6 Å². The smallest absolute Gasteiger partial charge is 0.255 e. The summed E-state index contributed by atoms with van der Waals surface area (Å²) in [6.07, 6.45) is 4.63. The minimum absolute atomic E-state index is 0.0896. The lowest BCUT2D eigenvalue weighted by molar-refractivity contribution is 0.0929. The molecular formula is C16H24N2O2. The van der Waals surface area contributed by atoms with Crippen LogP contribution in [0, 0.1) is 5.92 Å². The standard InChI is InChI=1S/C16H24N2O2/c1-3-12(10-11-8-9-11)18-16(19)13-6-5-7-14(17)15(13)20-4-2/h5-7,11-12H,3-4,8-10,17H2,1-2H3,(H,18,19). The average molecular weight is 276 g/mol. The van der Waals surface area contributed by atoms with E-state index < -0.39 is 0 Å². The maximum atomic E-state index is 12.4. The van der Waals surface area contributed by atoms with Crippen molar-refractivity contribution in [1.82, 2.24) is 5.32 Å². The van der Waals surface area contributed by atoms with E-state index in [-0.39, 0.29) is 11.9 Å². The lowest BCUT2D eigenvalue weighted by Gasteiger charge is -2.18. The summed E-state index contributed by atoms with van der Waals surface area (Å²) in [5, 5.41) is 3.11. The van der Waals surface area contributed by atoms with E-state index in [9.17, 15) is 4.79 Å². The van der Waals surface area contributed by atoms with Crippen LogP contribution in [0.25, 0.3) is 0 Å². The number of nitrogen functional groups attached to an aromatic ring is 1. The van der Waals surface area contributed by atoms with Crippen molar-refractivity contribution in [2.45, 2.75) is 45.6 Å². The maximum absolute atomic E-state index is 12.4. The molecule has 2 rings (SSSR count). The molecule has 0 saturated heterocycles. The Bertz CT molecular complexity index is 470. The lowest BCUT2D eigenvalue weighted by atomic mass is 10.1. The summed E-state index contributed by atoms with van der Waals surface area (Å²) in [6, 6.07) is 5.55. The van der Waals surface area contributed by atoms with Gasteiger partial charge in [0.15, 0.2) is 5.75 Å². The number of amides is 1. The van der Waals surface area contributed by atoms with Gasteiger partial charge in [0.05, 0.1) is 17.9 Å². The van der Waals surface area contributed by atoms with Gasteiger partial charge in [0.25, 0.3) is 5.91 Å². The molecule has 4 heteroatoms. The first-order valence-electron chi connectivity index (χ1n) is 7.47. The normalized spacial score (nSPS) is 15.7.